The summed E-state index contributed by atoms with van der Waals surface area (Å²) in [5.41, 5.74) is 7.50. The molecule has 0 saturated carbocycles. The zero-order chi connectivity index (χ0) is 30.5. The molecule has 46 heavy (non-hydrogen) atoms. The monoisotopic (exact) mass is 582 g/mol. The first kappa shape index (κ1) is 26.4. The Labute approximate surface area is 268 Å². The van der Waals surface area contributed by atoms with Crippen LogP contribution in [0.15, 0.2) is 182 Å². The van der Waals surface area contributed by atoms with Crippen LogP contribution in [0.4, 0.5) is 0 Å². The van der Waals surface area contributed by atoms with Gasteiger partial charge in [-0.2, -0.15) is 0 Å². The molecule has 9 rings (SSSR count). The molecule has 0 spiro atoms. The SMILES string of the molecule is c1ccc(-c2c3ccccc3c(-c3ccccc3)c3cc(-c4ccc5c6cccc(ccccc7cccc4c75)c6)ccc23)cc1. The van der Waals surface area contributed by atoms with Crippen LogP contribution >= 0.6 is 0 Å². The minimum Gasteiger partial charge on any atom is -0.0622 e. The molecule has 0 aliphatic carbocycles. The van der Waals surface area contributed by atoms with E-state index >= 15 is 0 Å². The number of hydrogen-bond donors (Lipinski definition) is 0. The van der Waals surface area contributed by atoms with E-state index in [2.05, 4.69) is 182 Å². The van der Waals surface area contributed by atoms with Crippen molar-refractivity contribution in [3.05, 3.63) is 182 Å². The molecule has 0 aromatic heterocycles. The van der Waals surface area contributed by atoms with Crippen LogP contribution in [-0.2, 0) is 0 Å². The third-order valence-corrected chi connectivity index (χ3v) is 9.41. The van der Waals surface area contributed by atoms with Crippen molar-refractivity contribution in [1.29, 1.82) is 0 Å². The molecule has 0 fully saturated rings. The molecule has 0 N–H and O–H groups in total. The molecule has 9 aromatic rings. The van der Waals surface area contributed by atoms with Crippen molar-refractivity contribution in [3.63, 3.8) is 0 Å². The lowest BCUT2D eigenvalue weighted by atomic mass is 9.84. The Morgan fingerprint density at radius 2 is 0.783 bits per heavy atom. The van der Waals surface area contributed by atoms with Gasteiger partial charge in [-0.1, -0.05) is 170 Å². The van der Waals surface area contributed by atoms with E-state index in [1.54, 1.807) is 0 Å². The van der Waals surface area contributed by atoms with Gasteiger partial charge in [0.1, 0.15) is 0 Å². The highest BCUT2D eigenvalue weighted by atomic mass is 14.2. The van der Waals surface area contributed by atoms with Gasteiger partial charge in [-0.15, -0.1) is 0 Å². The maximum atomic E-state index is 2.43. The maximum Gasteiger partial charge on any atom is -0.00262 e. The molecule has 0 radical (unpaired) electrons. The van der Waals surface area contributed by atoms with Crippen molar-refractivity contribution in [2.75, 3.05) is 0 Å². The van der Waals surface area contributed by atoms with Gasteiger partial charge in [-0.3, -0.25) is 0 Å². The standard InChI is InChI=1S/C46H30/c1-3-15-32(16-4-1)45-40-22-9-10-23-41(40)46(33-17-5-2-6-18-33)43-30-36(25-26-42(43)45)37-27-28-38-35-21-11-14-31(29-35)13-7-8-19-34-20-12-24-39(37)44(34)38/h1-30H. The van der Waals surface area contributed by atoms with Crippen LogP contribution in [-0.4, -0.2) is 0 Å². The van der Waals surface area contributed by atoms with Crippen molar-refractivity contribution < 1.29 is 0 Å². The van der Waals surface area contributed by atoms with E-state index in [1.807, 2.05) is 0 Å². The highest BCUT2D eigenvalue weighted by Gasteiger charge is 2.18. The van der Waals surface area contributed by atoms with E-state index in [0.29, 0.717) is 0 Å². The Kier molecular flexibility index (Phi) is 6.25. The van der Waals surface area contributed by atoms with Gasteiger partial charge in [0.15, 0.2) is 0 Å². The lowest BCUT2D eigenvalue weighted by molar-refractivity contribution is 1.64. The van der Waals surface area contributed by atoms with Gasteiger partial charge >= 0.3 is 0 Å². The number of fused-ring (bicyclic) bond motifs is 5. The molecule has 0 aliphatic heterocycles. The summed E-state index contributed by atoms with van der Waals surface area (Å²) < 4.78 is 0. The quantitative estimate of drug-likeness (QED) is 0.182. The minimum absolute atomic E-state index is 1.21. The summed E-state index contributed by atoms with van der Waals surface area (Å²) in [6, 6.07) is 66.6. The van der Waals surface area contributed by atoms with Gasteiger partial charge in [0.2, 0.25) is 0 Å². The fourth-order valence-corrected chi connectivity index (χ4v) is 7.38. The molecule has 0 aliphatic rings. The summed E-state index contributed by atoms with van der Waals surface area (Å²) in [5.74, 6) is 0. The van der Waals surface area contributed by atoms with E-state index < -0.39 is 0 Å². The van der Waals surface area contributed by atoms with Crippen LogP contribution in [0, 0.1) is 0 Å². The Bertz CT molecular complexity index is 2610. The summed E-state index contributed by atoms with van der Waals surface area (Å²) in [4.78, 5) is 0. The van der Waals surface area contributed by atoms with Crippen LogP contribution in [0.25, 0.3) is 87.2 Å². The number of rotatable bonds is 3. The highest BCUT2D eigenvalue weighted by Crippen LogP contribution is 2.45. The first-order valence-corrected chi connectivity index (χ1v) is 15.9. The molecule has 0 heterocycles. The fraction of sp³-hybridized carbons (Fsp3) is 0. The average molecular weight is 583 g/mol. The van der Waals surface area contributed by atoms with Crippen molar-refractivity contribution in [2.24, 2.45) is 0 Å². The van der Waals surface area contributed by atoms with Crippen LogP contribution in [0.2, 0.25) is 0 Å². The third-order valence-electron chi connectivity index (χ3n) is 9.41. The van der Waals surface area contributed by atoms with Crippen LogP contribution in [0.3, 0.4) is 0 Å². The van der Waals surface area contributed by atoms with Gasteiger partial charge < -0.3 is 0 Å². The molecular weight excluding hydrogens is 553 g/mol. The van der Waals surface area contributed by atoms with Crippen LogP contribution in [0.5, 0.6) is 0 Å². The second-order valence-electron chi connectivity index (χ2n) is 12.1. The zero-order valence-electron chi connectivity index (χ0n) is 25.3. The number of hydrogen-bond acceptors (Lipinski definition) is 0. The Hall–Kier alpha value is -5.98. The molecule has 0 heteroatoms. The molecule has 0 unspecified atom stereocenters. The molecular formula is C46H30. The second kappa shape index (κ2) is 10.9. The summed E-state index contributed by atoms with van der Waals surface area (Å²) in [7, 11) is 0. The lowest BCUT2D eigenvalue weighted by Crippen LogP contribution is -1.92. The van der Waals surface area contributed by atoms with Gasteiger partial charge in [-0.25, -0.2) is 0 Å². The molecule has 0 nitrogen and oxygen atoms in total. The first-order chi connectivity index (χ1) is 22.8. The van der Waals surface area contributed by atoms with E-state index in [9.17, 15) is 0 Å². The molecule has 0 atom stereocenters. The number of benzene rings is 8. The largest absolute Gasteiger partial charge is 0.0622 e. The van der Waals surface area contributed by atoms with E-state index in [1.165, 1.54) is 87.2 Å². The van der Waals surface area contributed by atoms with Crippen LogP contribution in [0.1, 0.15) is 0 Å². The molecule has 2 bridgehead atoms. The smallest absolute Gasteiger partial charge is 0.00262 e. The summed E-state index contributed by atoms with van der Waals surface area (Å²) in [6.07, 6.45) is 0. The fourth-order valence-electron chi connectivity index (χ4n) is 7.38. The first-order valence-electron chi connectivity index (χ1n) is 15.9. The predicted octanol–water partition coefficient (Wildman–Crippen LogP) is 13.0. The Morgan fingerprint density at radius 3 is 1.54 bits per heavy atom. The minimum atomic E-state index is 1.21. The molecule has 0 saturated heterocycles. The summed E-state index contributed by atoms with van der Waals surface area (Å²) in [5, 5.41) is 12.6. The van der Waals surface area contributed by atoms with E-state index in [0.717, 1.165) is 0 Å². The molecule has 214 valence electrons. The lowest BCUT2D eigenvalue weighted by Gasteiger charge is -2.19. The van der Waals surface area contributed by atoms with Gasteiger partial charge in [0.25, 0.3) is 0 Å². The Balaban J connectivity index is 1.41. The second-order valence-corrected chi connectivity index (χ2v) is 12.1. The van der Waals surface area contributed by atoms with Gasteiger partial charge in [0.05, 0.1) is 0 Å². The van der Waals surface area contributed by atoms with Crippen molar-refractivity contribution in [3.8, 4) is 33.4 Å². The normalized spacial score (nSPS) is 11.5. The van der Waals surface area contributed by atoms with Gasteiger partial charge in [-0.05, 0) is 99.4 Å². The van der Waals surface area contributed by atoms with Gasteiger partial charge in [0, 0.05) is 0 Å². The predicted molar refractivity (Wildman–Crippen MR) is 199 cm³/mol. The summed E-state index contributed by atoms with van der Waals surface area (Å²) in [6.45, 7) is 0. The van der Waals surface area contributed by atoms with Crippen molar-refractivity contribution >= 4 is 53.9 Å². The maximum absolute atomic E-state index is 2.43. The summed E-state index contributed by atoms with van der Waals surface area (Å²) >= 11 is 0. The van der Waals surface area contributed by atoms with Crippen molar-refractivity contribution in [1.82, 2.24) is 0 Å². The molecule has 0 amide bonds. The van der Waals surface area contributed by atoms with E-state index in [-0.39, 0.29) is 0 Å². The van der Waals surface area contributed by atoms with Crippen LogP contribution < -0.4 is 0 Å². The molecule has 9 aromatic carbocycles. The topological polar surface area (TPSA) is 0 Å². The van der Waals surface area contributed by atoms with E-state index in [4.69, 9.17) is 0 Å². The van der Waals surface area contributed by atoms with Crippen molar-refractivity contribution in [2.45, 2.75) is 0 Å². The third kappa shape index (κ3) is 4.30. The highest BCUT2D eigenvalue weighted by molar-refractivity contribution is 6.23. The zero-order valence-corrected chi connectivity index (χ0v) is 25.3. The Morgan fingerprint density at radius 1 is 0.261 bits per heavy atom. The average Bonchev–Trinajstić information content (AvgIpc) is 3.12.